The maximum Gasteiger partial charge on any atom is 0.132 e. The first-order valence-electron chi connectivity index (χ1n) is 8.96. The van der Waals surface area contributed by atoms with Crippen molar-refractivity contribution >= 4 is 5.82 Å². The lowest BCUT2D eigenvalue weighted by Gasteiger charge is -2.33. The number of hydrogen-bond donors (Lipinski definition) is 0. The molecule has 0 bridgehead atoms. The fourth-order valence-corrected chi connectivity index (χ4v) is 2.59. The SMILES string of the molecule is CCCCc1nccc(N(CCC(C)(C)C)C(C)CCC)n1. The maximum absolute atomic E-state index is 4.83. The first kappa shape index (κ1) is 18.9. The average Bonchev–Trinajstić information content (AvgIpc) is 2.45. The van der Waals surface area contributed by atoms with Crippen LogP contribution in [0.3, 0.4) is 0 Å². The van der Waals surface area contributed by atoms with Crippen molar-refractivity contribution < 1.29 is 0 Å². The Labute approximate surface area is 137 Å². The van der Waals surface area contributed by atoms with Crippen LogP contribution in [0.15, 0.2) is 12.3 Å². The second-order valence-electron chi connectivity index (χ2n) is 7.58. The minimum absolute atomic E-state index is 0.349. The Morgan fingerprint density at radius 1 is 1.18 bits per heavy atom. The molecule has 1 rings (SSSR count). The van der Waals surface area contributed by atoms with Crippen LogP contribution in [-0.2, 0) is 6.42 Å². The van der Waals surface area contributed by atoms with Crippen molar-refractivity contribution in [3.8, 4) is 0 Å². The normalized spacial score (nSPS) is 13.2. The fourth-order valence-electron chi connectivity index (χ4n) is 2.59. The molecule has 1 aromatic heterocycles. The Kier molecular flexibility index (Phi) is 7.84. The van der Waals surface area contributed by atoms with Gasteiger partial charge in [0.2, 0.25) is 0 Å². The third-order valence-corrected chi connectivity index (χ3v) is 4.08. The predicted molar refractivity (Wildman–Crippen MR) is 96.4 cm³/mol. The number of aromatic nitrogens is 2. The molecule has 3 nitrogen and oxygen atoms in total. The third kappa shape index (κ3) is 6.76. The molecule has 0 fully saturated rings. The van der Waals surface area contributed by atoms with E-state index in [9.17, 15) is 0 Å². The summed E-state index contributed by atoms with van der Waals surface area (Å²) >= 11 is 0. The Balaban J connectivity index is 2.89. The zero-order valence-electron chi connectivity index (χ0n) is 15.5. The van der Waals surface area contributed by atoms with E-state index in [1.165, 1.54) is 25.7 Å². The smallest absolute Gasteiger partial charge is 0.132 e. The molecule has 0 saturated carbocycles. The van der Waals surface area contributed by atoms with Crippen molar-refractivity contribution in [1.29, 1.82) is 0 Å². The van der Waals surface area contributed by atoms with Gasteiger partial charge in [-0.05, 0) is 37.7 Å². The molecule has 0 saturated heterocycles. The molecule has 22 heavy (non-hydrogen) atoms. The van der Waals surface area contributed by atoms with Crippen molar-refractivity contribution in [2.24, 2.45) is 5.41 Å². The van der Waals surface area contributed by atoms with Crippen LogP contribution in [0.4, 0.5) is 5.82 Å². The zero-order chi connectivity index (χ0) is 16.6. The Bertz CT molecular complexity index is 423. The average molecular weight is 306 g/mol. The molecule has 1 atom stereocenters. The maximum atomic E-state index is 4.83. The molecule has 1 aromatic rings. The van der Waals surface area contributed by atoms with Crippen molar-refractivity contribution in [3.63, 3.8) is 0 Å². The summed E-state index contributed by atoms with van der Waals surface area (Å²) in [6, 6.07) is 2.60. The Morgan fingerprint density at radius 2 is 1.91 bits per heavy atom. The van der Waals surface area contributed by atoms with E-state index >= 15 is 0 Å². The van der Waals surface area contributed by atoms with Gasteiger partial charge in [0.25, 0.3) is 0 Å². The molecular weight excluding hydrogens is 270 g/mol. The molecule has 0 aliphatic rings. The quantitative estimate of drug-likeness (QED) is 0.624. The van der Waals surface area contributed by atoms with Crippen molar-refractivity contribution in [3.05, 3.63) is 18.1 Å². The van der Waals surface area contributed by atoms with Crippen LogP contribution in [0.1, 0.15) is 79.5 Å². The van der Waals surface area contributed by atoms with Crippen LogP contribution in [0.25, 0.3) is 0 Å². The van der Waals surface area contributed by atoms with Crippen LogP contribution in [0.5, 0.6) is 0 Å². The van der Waals surface area contributed by atoms with E-state index in [1.807, 2.05) is 6.20 Å². The van der Waals surface area contributed by atoms with E-state index in [-0.39, 0.29) is 0 Å². The van der Waals surface area contributed by atoms with Gasteiger partial charge in [0, 0.05) is 25.2 Å². The highest BCUT2D eigenvalue weighted by atomic mass is 15.2. The summed E-state index contributed by atoms with van der Waals surface area (Å²) in [4.78, 5) is 11.7. The van der Waals surface area contributed by atoms with Gasteiger partial charge in [0.15, 0.2) is 0 Å². The number of hydrogen-bond acceptors (Lipinski definition) is 3. The number of nitrogens with zero attached hydrogens (tertiary/aromatic N) is 3. The number of anilines is 1. The molecule has 1 unspecified atom stereocenters. The minimum atomic E-state index is 0.349. The minimum Gasteiger partial charge on any atom is -0.354 e. The Morgan fingerprint density at radius 3 is 2.50 bits per heavy atom. The van der Waals surface area contributed by atoms with Crippen molar-refractivity contribution in [1.82, 2.24) is 9.97 Å². The highest BCUT2D eigenvalue weighted by molar-refractivity contribution is 5.38. The van der Waals surface area contributed by atoms with Crippen molar-refractivity contribution in [2.75, 3.05) is 11.4 Å². The van der Waals surface area contributed by atoms with Gasteiger partial charge in [-0.3, -0.25) is 0 Å². The Hall–Kier alpha value is -1.12. The number of rotatable bonds is 9. The van der Waals surface area contributed by atoms with Gasteiger partial charge >= 0.3 is 0 Å². The van der Waals surface area contributed by atoms with Crippen LogP contribution >= 0.6 is 0 Å². The monoisotopic (exact) mass is 305 g/mol. The second kappa shape index (κ2) is 9.12. The molecule has 1 heterocycles. The summed E-state index contributed by atoms with van der Waals surface area (Å²) in [5.41, 5.74) is 0.349. The van der Waals surface area contributed by atoms with Gasteiger partial charge in [-0.2, -0.15) is 0 Å². The topological polar surface area (TPSA) is 29.0 Å². The van der Waals surface area contributed by atoms with E-state index < -0.39 is 0 Å². The van der Waals surface area contributed by atoms with E-state index in [0.717, 1.165) is 31.0 Å². The number of aryl methyl sites for hydroxylation is 1. The van der Waals surface area contributed by atoms with Crippen LogP contribution in [0.2, 0.25) is 0 Å². The predicted octanol–water partition coefficient (Wildman–Crippen LogP) is 5.25. The van der Waals surface area contributed by atoms with Gasteiger partial charge < -0.3 is 4.90 Å². The largest absolute Gasteiger partial charge is 0.354 e. The summed E-state index contributed by atoms with van der Waals surface area (Å²) in [7, 11) is 0. The molecule has 0 amide bonds. The molecular formula is C19H35N3. The molecule has 0 radical (unpaired) electrons. The highest BCUT2D eigenvalue weighted by Crippen LogP contribution is 2.23. The molecule has 3 heteroatoms. The highest BCUT2D eigenvalue weighted by Gasteiger charge is 2.19. The summed E-state index contributed by atoms with van der Waals surface area (Å²) in [5.74, 6) is 2.09. The lowest BCUT2D eigenvalue weighted by molar-refractivity contribution is 0.370. The van der Waals surface area contributed by atoms with Crippen LogP contribution in [-0.4, -0.2) is 22.6 Å². The molecule has 0 spiro atoms. The lowest BCUT2D eigenvalue weighted by atomic mass is 9.92. The lowest BCUT2D eigenvalue weighted by Crippen LogP contribution is -2.36. The first-order valence-corrected chi connectivity index (χ1v) is 8.96. The molecule has 0 N–H and O–H groups in total. The third-order valence-electron chi connectivity index (χ3n) is 4.08. The van der Waals surface area contributed by atoms with Gasteiger partial charge in [-0.25, -0.2) is 9.97 Å². The van der Waals surface area contributed by atoms with Crippen LogP contribution < -0.4 is 4.90 Å². The van der Waals surface area contributed by atoms with E-state index in [2.05, 4.69) is 57.5 Å². The van der Waals surface area contributed by atoms with E-state index in [4.69, 9.17) is 4.98 Å². The van der Waals surface area contributed by atoms with Gasteiger partial charge in [0.05, 0.1) is 0 Å². The van der Waals surface area contributed by atoms with Gasteiger partial charge in [-0.15, -0.1) is 0 Å². The van der Waals surface area contributed by atoms with E-state index in [1.54, 1.807) is 0 Å². The zero-order valence-corrected chi connectivity index (χ0v) is 15.5. The summed E-state index contributed by atoms with van der Waals surface area (Å²) in [6.45, 7) is 14.8. The van der Waals surface area contributed by atoms with Crippen LogP contribution in [0, 0.1) is 5.41 Å². The molecule has 126 valence electrons. The summed E-state index contributed by atoms with van der Waals surface area (Å²) in [5, 5.41) is 0. The second-order valence-corrected chi connectivity index (χ2v) is 7.58. The van der Waals surface area contributed by atoms with Gasteiger partial charge in [0.1, 0.15) is 11.6 Å². The van der Waals surface area contributed by atoms with Crippen molar-refractivity contribution in [2.45, 2.75) is 86.1 Å². The molecule has 0 aromatic carbocycles. The first-order chi connectivity index (χ1) is 10.4. The molecule has 0 aliphatic heterocycles. The number of unbranched alkanes of at least 4 members (excludes halogenated alkanes) is 1. The molecule has 0 aliphatic carbocycles. The summed E-state index contributed by atoms with van der Waals surface area (Å²) in [6.07, 6.45) is 8.86. The van der Waals surface area contributed by atoms with E-state index in [0.29, 0.717) is 11.5 Å². The standard InChI is InChI=1S/C19H35N3/c1-7-9-11-17-20-14-12-18(21-17)22(16(3)10-8-2)15-13-19(4,5)6/h12,14,16H,7-11,13,15H2,1-6H3. The summed E-state index contributed by atoms with van der Waals surface area (Å²) < 4.78 is 0. The fraction of sp³-hybridized carbons (Fsp3) is 0.789. The van der Waals surface area contributed by atoms with Gasteiger partial charge in [-0.1, -0.05) is 47.5 Å².